The van der Waals surface area contributed by atoms with Gasteiger partial charge in [0.1, 0.15) is 12.4 Å². The van der Waals surface area contributed by atoms with Gasteiger partial charge in [-0.25, -0.2) is 0 Å². The minimum Gasteiger partial charge on any atom is -0.466 e. The molecule has 0 bridgehead atoms. The van der Waals surface area contributed by atoms with Gasteiger partial charge in [-0.15, -0.1) is 0 Å². The monoisotopic (exact) mass is 360 g/mol. The molecule has 2 heterocycles. The molecule has 2 aliphatic rings. The molecule has 0 N–H and O–H groups in total. The summed E-state index contributed by atoms with van der Waals surface area (Å²) < 4.78 is 18.5. The molecule has 2 aromatic carbocycles. The predicted octanol–water partition coefficient (Wildman–Crippen LogP) is 4.52. The lowest BCUT2D eigenvalue weighted by Gasteiger charge is -2.41. The van der Waals surface area contributed by atoms with Gasteiger partial charge in [-0.05, 0) is 12.1 Å². The number of carbonyl (C=O) groups is 1. The maximum absolute atomic E-state index is 13.2. The molecule has 4 heteroatoms. The molecule has 3 aromatic rings. The van der Waals surface area contributed by atoms with E-state index in [1.165, 1.54) is 0 Å². The van der Waals surface area contributed by atoms with Crippen molar-refractivity contribution in [1.29, 1.82) is 0 Å². The van der Waals surface area contributed by atoms with Crippen molar-refractivity contribution in [2.45, 2.75) is 25.2 Å². The normalized spacial score (nSPS) is 22.4. The molecule has 0 saturated carbocycles. The first-order chi connectivity index (χ1) is 13.1. The summed E-state index contributed by atoms with van der Waals surface area (Å²) in [5, 5.41) is 0. The smallest absolute Gasteiger partial charge is 0.196 e. The van der Waals surface area contributed by atoms with Crippen LogP contribution in [-0.4, -0.2) is 18.2 Å². The van der Waals surface area contributed by atoms with Crippen molar-refractivity contribution in [2.75, 3.05) is 6.61 Å². The zero-order valence-electron chi connectivity index (χ0n) is 15.3. The maximum atomic E-state index is 13.2. The average Bonchev–Trinajstić information content (AvgIpc) is 3.27. The van der Waals surface area contributed by atoms with E-state index in [9.17, 15) is 4.79 Å². The quantitative estimate of drug-likeness (QED) is 0.642. The molecular formula is C23H20O4. The van der Waals surface area contributed by atoms with Crippen LogP contribution >= 0.6 is 0 Å². The Morgan fingerprint density at radius 2 is 1.52 bits per heavy atom. The minimum atomic E-state index is -1.04. The molecule has 1 saturated heterocycles. The van der Waals surface area contributed by atoms with E-state index < -0.39 is 11.4 Å². The van der Waals surface area contributed by atoms with Crippen molar-refractivity contribution in [2.24, 2.45) is 5.92 Å². The number of hydrogen-bond acceptors (Lipinski definition) is 4. The number of rotatable bonds is 4. The van der Waals surface area contributed by atoms with Gasteiger partial charge in [0.25, 0.3) is 0 Å². The van der Waals surface area contributed by atoms with Crippen LogP contribution in [0.1, 0.15) is 46.7 Å². The lowest BCUT2D eigenvalue weighted by Crippen LogP contribution is -2.44. The van der Waals surface area contributed by atoms with E-state index in [1.807, 2.05) is 60.7 Å². The fourth-order valence-electron chi connectivity index (χ4n) is 4.01. The number of carbonyl (C=O) groups excluding carboxylic acids is 1. The summed E-state index contributed by atoms with van der Waals surface area (Å²) in [6, 6.07) is 19.0. The summed E-state index contributed by atoms with van der Waals surface area (Å²) >= 11 is 0. The fourth-order valence-corrected chi connectivity index (χ4v) is 4.01. The highest BCUT2D eigenvalue weighted by atomic mass is 16.8. The first kappa shape index (κ1) is 16.5. The predicted molar refractivity (Wildman–Crippen MR) is 99.5 cm³/mol. The third-order valence-corrected chi connectivity index (χ3v) is 5.60. The molecule has 1 atom stereocenters. The van der Waals surface area contributed by atoms with Gasteiger partial charge in [-0.1, -0.05) is 62.4 Å². The van der Waals surface area contributed by atoms with Gasteiger partial charge < -0.3 is 13.9 Å². The van der Waals surface area contributed by atoms with Gasteiger partial charge in [-0.3, -0.25) is 4.79 Å². The Bertz CT molecular complexity index is 963. The summed E-state index contributed by atoms with van der Waals surface area (Å²) in [6.07, 6.45) is 1.64. The zero-order chi connectivity index (χ0) is 18.6. The van der Waals surface area contributed by atoms with Gasteiger partial charge in [0, 0.05) is 28.2 Å². The Morgan fingerprint density at radius 1 is 0.926 bits per heavy atom. The molecular weight excluding hydrogens is 340 g/mol. The Balaban J connectivity index is 1.86. The van der Waals surface area contributed by atoms with Crippen LogP contribution in [0.4, 0.5) is 0 Å². The van der Waals surface area contributed by atoms with Crippen molar-refractivity contribution < 1.29 is 18.7 Å². The lowest BCUT2D eigenvalue weighted by atomic mass is 9.72. The fraction of sp³-hybridized carbons (Fsp3) is 0.261. The summed E-state index contributed by atoms with van der Waals surface area (Å²) in [5.41, 5.74) is 1.81. The van der Waals surface area contributed by atoms with E-state index in [4.69, 9.17) is 13.9 Å². The van der Waals surface area contributed by atoms with Crippen molar-refractivity contribution in [1.82, 2.24) is 0 Å². The van der Waals surface area contributed by atoms with Crippen LogP contribution in [0.25, 0.3) is 0 Å². The number of hydrogen-bond donors (Lipinski definition) is 0. The SMILES string of the molecule is CC(C)C1(OC2(c3ccco3)c3ccccc3C(=O)c3ccccc32)CO1. The lowest BCUT2D eigenvalue weighted by molar-refractivity contribution is -0.148. The second-order valence-corrected chi connectivity index (χ2v) is 7.44. The van der Waals surface area contributed by atoms with E-state index in [2.05, 4.69) is 13.8 Å². The second-order valence-electron chi connectivity index (χ2n) is 7.44. The highest BCUT2D eigenvalue weighted by Crippen LogP contribution is 2.53. The molecule has 136 valence electrons. The van der Waals surface area contributed by atoms with Crippen LogP contribution in [0.15, 0.2) is 71.3 Å². The number of benzene rings is 2. The molecule has 4 nitrogen and oxygen atoms in total. The molecule has 1 aliphatic carbocycles. The molecule has 0 amide bonds. The van der Waals surface area contributed by atoms with Crippen molar-refractivity contribution in [3.8, 4) is 0 Å². The third-order valence-electron chi connectivity index (χ3n) is 5.60. The number of furan rings is 1. The molecule has 5 rings (SSSR count). The van der Waals surface area contributed by atoms with Crippen LogP contribution in [-0.2, 0) is 15.1 Å². The Morgan fingerprint density at radius 3 is 2.00 bits per heavy atom. The standard InChI is InChI=1S/C23H20O4/c1-15(2)22(14-26-22)27-23(20-12-7-13-25-20)18-10-5-3-8-16(18)21(24)17-9-4-6-11-19(17)23/h3-13,15H,14H2,1-2H3. The summed E-state index contributed by atoms with van der Waals surface area (Å²) in [6.45, 7) is 4.68. The van der Waals surface area contributed by atoms with Crippen molar-refractivity contribution >= 4 is 5.78 Å². The first-order valence-corrected chi connectivity index (χ1v) is 9.20. The minimum absolute atomic E-state index is 0.00212. The van der Waals surface area contributed by atoms with E-state index in [0.717, 1.165) is 11.1 Å². The van der Waals surface area contributed by atoms with E-state index >= 15 is 0 Å². The number of ether oxygens (including phenoxy) is 2. The van der Waals surface area contributed by atoms with Crippen molar-refractivity contribution in [3.05, 3.63) is 94.9 Å². The third kappa shape index (κ3) is 2.20. The largest absolute Gasteiger partial charge is 0.466 e. The van der Waals surface area contributed by atoms with Crippen LogP contribution in [0.5, 0.6) is 0 Å². The highest BCUT2D eigenvalue weighted by molar-refractivity contribution is 6.13. The maximum Gasteiger partial charge on any atom is 0.196 e. The van der Waals surface area contributed by atoms with Gasteiger partial charge in [-0.2, -0.15) is 0 Å². The second kappa shape index (κ2) is 5.65. The highest BCUT2D eigenvalue weighted by Gasteiger charge is 2.59. The first-order valence-electron chi connectivity index (χ1n) is 9.20. The van der Waals surface area contributed by atoms with Crippen LogP contribution in [0.2, 0.25) is 0 Å². The molecule has 1 unspecified atom stereocenters. The molecule has 0 spiro atoms. The van der Waals surface area contributed by atoms with Gasteiger partial charge in [0.2, 0.25) is 0 Å². The molecule has 0 radical (unpaired) electrons. The van der Waals surface area contributed by atoms with Crippen LogP contribution in [0, 0.1) is 5.92 Å². The Labute approximate surface area is 157 Å². The summed E-state index contributed by atoms with van der Waals surface area (Å²) in [7, 11) is 0. The van der Waals surface area contributed by atoms with Crippen molar-refractivity contribution in [3.63, 3.8) is 0 Å². The molecule has 1 fully saturated rings. The topological polar surface area (TPSA) is 52.0 Å². The Hall–Kier alpha value is -2.69. The summed E-state index contributed by atoms with van der Waals surface area (Å²) in [5.74, 6) is 0.0990. The van der Waals surface area contributed by atoms with E-state index in [1.54, 1.807) is 6.26 Å². The van der Waals surface area contributed by atoms with E-state index in [0.29, 0.717) is 23.5 Å². The van der Waals surface area contributed by atoms with Gasteiger partial charge in [0.05, 0.1) is 6.26 Å². The molecule has 1 aliphatic heterocycles. The van der Waals surface area contributed by atoms with Crippen LogP contribution in [0.3, 0.4) is 0 Å². The average molecular weight is 360 g/mol. The van der Waals surface area contributed by atoms with Gasteiger partial charge >= 0.3 is 0 Å². The summed E-state index contributed by atoms with van der Waals surface area (Å²) in [4.78, 5) is 13.2. The Kier molecular flexibility index (Phi) is 3.45. The molecule has 27 heavy (non-hydrogen) atoms. The number of epoxide rings is 1. The zero-order valence-corrected chi connectivity index (χ0v) is 15.3. The van der Waals surface area contributed by atoms with Crippen LogP contribution < -0.4 is 0 Å². The van der Waals surface area contributed by atoms with Gasteiger partial charge in [0.15, 0.2) is 17.2 Å². The molecule has 1 aromatic heterocycles. The number of fused-ring (bicyclic) bond motifs is 2. The van der Waals surface area contributed by atoms with E-state index in [-0.39, 0.29) is 11.7 Å². The number of ketones is 1.